The molecule has 1 aliphatic carbocycles. The average molecular weight is 396 g/mol. The SMILES string of the molecule is CCN(CC)CCN(CCC(F)(F)F)C(=O)C1CCC(N)C1.Cl.Cl. The van der Waals surface area contributed by atoms with Crippen LogP contribution in [0.15, 0.2) is 0 Å². The molecule has 1 rings (SSSR count). The van der Waals surface area contributed by atoms with Gasteiger partial charge in [-0.3, -0.25) is 4.79 Å². The van der Waals surface area contributed by atoms with Crippen molar-refractivity contribution in [1.82, 2.24) is 9.80 Å². The van der Waals surface area contributed by atoms with Gasteiger partial charge in [-0.1, -0.05) is 13.8 Å². The van der Waals surface area contributed by atoms with E-state index in [1.807, 2.05) is 13.8 Å². The lowest BCUT2D eigenvalue weighted by molar-refractivity contribution is -0.147. The van der Waals surface area contributed by atoms with Gasteiger partial charge in [0.25, 0.3) is 0 Å². The molecule has 0 aliphatic heterocycles. The van der Waals surface area contributed by atoms with E-state index in [9.17, 15) is 18.0 Å². The molecule has 0 aromatic carbocycles. The van der Waals surface area contributed by atoms with Gasteiger partial charge >= 0.3 is 6.18 Å². The molecule has 0 aromatic rings. The fourth-order valence-electron chi connectivity index (χ4n) is 2.89. The summed E-state index contributed by atoms with van der Waals surface area (Å²) >= 11 is 0. The number of nitrogens with two attached hydrogens (primary N) is 1. The van der Waals surface area contributed by atoms with Crippen LogP contribution in [-0.2, 0) is 4.79 Å². The highest BCUT2D eigenvalue weighted by atomic mass is 35.5. The van der Waals surface area contributed by atoms with Crippen molar-refractivity contribution < 1.29 is 18.0 Å². The van der Waals surface area contributed by atoms with Crippen molar-refractivity contribution in [3.8, 4) is 0 Å². The van der Waals surface area contributed by atoms with Crippen LogP contribution in [0.1, 0.15) is 39.5 Å². The van der Waals surface area contributed by atoms with Gasteiger partial charge in [-0.15, -0.1) is 24.8 Å². The van der Waals surface area contributed by atoms with Gasteiger partial charge in [-0.05, 0) is 32.4 Å². The van der Waals surface area contributed by atoms with Gasteiger partial charge in [-0.25, -0.2) is 0 Å². The Hall–Kier alpha value is -0.240. The molecule has 0 aromatic heterocycles. The second-order valence-electron chi connectivity index (χ2n) is 5.99. The Bertz CT molecular complexity index is 355. The van der Waals surface area contributed by atoms with Crippen molar-refractivity contribution in [1.29, 1.82) is 0 Å². The zero-order chi connectivity index (χ0) is 16.8. The monoisotopic (exact) mass is 395 g/mol. The lowest BCUT2D eigenvalue weighted by atomic mass is 10.1. The first kappa shape index (κ1) is 26.0. The first-order chi connectivity index (χ1) is 10.3. The maximum atomic E-state index is 12.5. The van der Waals surface area contributed by atoms with Crippen molar-refractivity contribution in [3.63, 3.8) is 0 Å². The second kappa shape index (κ2) is 12.2. The minimum Gasteiger partial charge on any atom is -0.341 e. The maximum absolute atomic E-state index is 12.5. The van der Waals surface area contributed by atoms with Gasteiger partial charge in [0.1, 0.15) is 0 Å². The molecular weight excluding hydrogens is 366 g/mol. The third kappa shape index (κ3) is 9.30. The topological polar surface area (TPSA) is 49.6 Å². The lowest BCUT2D eigenvalue weighted by Gasteiger charge is -2.29. The summed E-state index contributed by atoms with van der Waals surface area (Å²) in [5.41, 5.74) is 5.81. The number of carbonyl (C=O) groups excluding carboxylic acids is 1. The highest BCUT2D eigenvalue weighted by Gasteiger charge is 2.33. The molecule has 1 saturated carbocycles. The van der Waals surface area contributed by atoms with Crippen molar-refractivity contribution in [2.75, 3.05) is 32.7 Å². The molecule has 0 spiro atoms. The predicted octanol–water partition coefficient (Wildman–Crippen LogP) is 3.08. The molecule has 2 N–H and O–H groups in total. The molecule has 146 valence electrons. The van der Waals surface area contributed by atoms with Crippen LogP contribution in [0.4, 0.5) is 13.2 Å². The van der Waals surface area contributed by atoms with E-state index in [1.54, 1.807) is 0 Å². The second-order valence-corrected chi connectivity index (χ2v) is 5.99. The Morgan fingerprint density at radius 3 is 2.08 bits per heavy atom. The summed E-state index contributed by atoms with van der Waals surface area (Å²) in [4.78, 5) is 16.0. The Labute approximate surface area is 155 Å². The van der Waals surface area contributed by atoms with E-state index in [1.165, 1.54) is 4.90 Å². The van der Waals surface area contributed by atoms with Crippen molar-refractivity contribution in [2.45, 2.75) is 51.7 Å². The summed E-state index contributed by atoms with van der Waals surface area (Å²) in [5, 5.41) is 0. The van der Waals surface area contributed by atoms with Gasteiger partial charge in [-0.2, -0.15) is 13.2 Å². The fraction of sp³-hybridized carbons (Fsp3) is 0.933. The Kier molecular flexibility index (Phi) is 13.2. The highest BCUT2D eigenvalue weighted by molar-refractivity contribution is 5.85. The van der Waals surface area contributed by atoms with Crippen LogP contribution >= 0.6 is 24.8 Å². The molecule has 2 atom stereocenters. The smallest absolute Gasteiger partial charge is 0.341 e. The normalized spacial score (nSPS) is 20.5. The maximum Gasteiger partial charge on any atom is 0.390 e. The first-order valence-corrected chi connectivity index (χ1v) is 8.10. The van der Waals surface area contributed by atoms with Crippen LogP contribution in [0.5, 0.6) is 0 Å². The van der Waals surface area contributed by atoms with E-state index < -0.39 is 12.6 Å². The first-order valence-electron chi connectivity index (χ1n) is 8.10. The number of rotatable bonds is 8. The Balaban J connectivity index is 0. The number of amides is 1. The zero-order valence-electron chi connectivity index (χ0n) is 14.3. The molecule has 0 radical (unpaired) electrons. The summed E-state index contributed by atoms with van der Waals surface area (Å²) < 4.78 is 37.4. The molecular formula is C15H30Cl2F3N3O. The minimum absolute atomic E-state index is 0. The van der Waals surface area contributed by atoms with Crippen LogP contribution in [0.2, 0.25) is 0 Å². The van der Waals surface area contributed by atoms with Crippen LogP contribution in [0.3, 0.4) is 0 Å². The van der Waals surface area contributed by atoms with Gasteiger partial charge in [0, 0.05) is 31.6 Å². The molecule has 9 heteroatoms. The number of alkyl halides is 3. The number of hydrogen-bond acceptors (Lipinski definition) is 3. The molecule has 0 bridgehead atoms. The predicted molar refractivity (Wildman–Crippen MR) is 94.9 cm³/mol. The molecule has 1 aliphatic rings. The lowest BCUT2D eigenvalue weighted by Crippen LogP contribution is -2.42. The van der Waals surface area contributed by atoms with E-state index >= 15 is 0 Å². The van der Waals surface area contributed by atoms with Crippen LogP contribution in [0, 0.1) is 5.92 Å². The van der Waals surface area contributed by atoms with E-state index in [4.69, 9.17) is 5.73 Å². The van der Waals surface area contributed by atoms with E-state index in [2.05, 4.69) is 4.90 Å². The summed E-state index contributed by atoms with van der Waals surface area (Å²) in [5.74, 6) is -0.371. The number of nitrogens with zero attached hydrogens (tertiary/aromatic N) is 2. The molecule has 24 heavy (non-hydrogen) atoms. The summed E-state index contributed by atoms with van der Waals surface area (Å²) in [6.45, 7) is 6.36. The van der Waals surface area contributed by atoms with Crippen molar-refractivity contribution in [3.05, 3.63) is 0 Å². The third-order valence-corrected chi connectivity index (χ3v) is 4.38. The molecule has 2 unspecified atom stereocenters. The van der Waals surface area contributed by atoms with E-state index in [0.717, 1.165) is 19.5 Å². The molecule has 4 nitrogen and oxygen atoms in total. The van der Waals surface area contributed by atoms with Crippen LogP contribution in [-0.4, -0.2) is 60.6 Å². The highest BCUT2D eigenvalue weighted by Crippen LogP contribution is 2.27. The quantitative estimate of drug-likeness (QED) is 0.686. The third-order valence-electron chi connectivity index (χ3n) is 4.38. The van der Waals surface area contributed by atoms with Gasteiger partial charge < -0.3 is 15.5 Å². The summed E-state index contributed by atoms with van der Waals surface area (Å²) in [7, 11) is 0. The fourth-order valence-corrected chi connectivity index (χ4v) is 2.89. The van der Waals surface area contributed by atoms with Crippen molar-refractivity contribution >= 4 is 30.7 Å². The summed E-state index contributed by atoms with van der Waals surface area (Å²) in [6.07, 6.45) is -3.13. The number of hydrogen-bond donors (Lipinski definition) is 1. The molecule has 1 amide bonds. The number of halogens is 5. The standard InChI is InChI=1S/C15H28F3N3O.2ClH/c1-3-20(4-2)9-10-21(8-7-15(16,17)18)14(22)12-5-6-13(19)11-12;;/h12-13H,3-11,19H2,1-2H3;2*1H. The Morgan fingerprint density at radius 1 is 1.08 bits per heavy atom. The van der Waals surface area contributed by atoms with E-state index in [-0.39, 0.29) is 49.2 Å². The van der Waals surface area contributed by atoms with Gasteiger partial charge in [0.05, 0.1) is 6.42 Å². The Morgan fingerprint density at radius 2 is 1.67 bits per heavy atom. The van der Waals surface area contributed by atoms with Gasteiger partial charge in [0.15, 0.2) is 0 Å². The number of likely N-dealkylation sites (N-methyl/N-ethyl adjacent to an activating group) is 1. The molecule has 0 heterocycles. The minimum atomic E-state index is -4.24. The summed E-state index contributed by atoms with van der Waals surface area (Å²) in [6, 6.07) is 0.00111. The van der Waals surface area contributed by atoms with E-state index in [0.29, 0.717) is 25.9 Å². The zero-order valence-corrected chi connectivity index (χ0v) is 16.0. The van der Waals surface area contributed by atoms with Crippen molar-refractivity contribution in [2.24, 2.45) is 11.7 Å². The largest absolute Gasteiger partial charge is 0.390 e. The number of carbonyl (C=O) groups is 1. The average Bonchev–Trinajstić information content (AvgIpc) is 2.88. The van der Waals surface area contributed by atoms with Gasteiger partial charge in [0.2, 0.25) is 5.91 Å². The molecule has 0 saturated heterocycles. The van der Waals surface area contributed by atoms with Crippen LogP contribution in [0.25, 0.3) is 0 Å². The molecule has 1 fully saturated rings. The van der Waals surface area contributed by atoms with Crippen LogP contribution < -0.4 is 5.73 Å².